The van der Waals surface area contributed by atoms with Gasteiger partial charge in [-0.25, -0.2) is 0 Å². The third-order valence-corrected chi connectivity index (χ3v) is 3.46. The Balaban J connectivity index is 2.00. The van der Waals surface area contributed by atoms with Crippen molar-refractivity contribution in [1.82, 2.24) is 8.75 Å². The first-order valence-corrected chi connectivity index (χ1v) is 7.21. The monoisotopic (exact) mass is 315 g/mol. The van der Waals surface area contributed by atoms with Crippen LogP contribution in [0.2, 0.25) is 5.02 Å². The highest BCUT2D eigenvalue weighted by atomic mass is 35.5. The highest BCUT2D eigenvalue weighted by Crippen LogP contribution is 2.29. The minimum Gasteiger partial charge on any atom is -0.466 e. The van der Waals surface area contributed by atoms with Crippen LogP contribution >= 0.6 is 23.3 Å². The molecule has 0 spiro atoms. The first-order valence-electron chi connectivity index (χ1n) is 6.10. The van der Waals surface area contributed by atoms with Crippen molar-refractivity contribution in [3.05, 3.63) is 17.2 Å². The zero-order chi connectivity index (χ0) is 14.5. The predicted octanol–water partition coefficient (Wildman–Crippen LogP) is 2.07. The lowest BCUT2D eigenvalue weighted by Gasteiger charge is -2.13. The Labute approximate surface area is 125 Å². The number of nitrogens with zero attached hydrogens (tertiary/aromatic N) is 2. The summed E-state index contributed by atoms with van der Waals surface area (Å²) in [6.45, 7) is 2.20. The van der Waals surface area contributed by atoms with Crippen LogP contribution in [0.15, 0.2) is 12.1 Å². The fourth-order valence-electron chi connectivity index (χ4n) is 1.70. The van der Waals surface area contributed by atoms with Crippen molar-refractivity contribution >= 4 is 46.0 Å². The summed E-state index contributed by atoms with van der Waals surface area (Å²) in [5, 5.41) is 13.3. The molecule has 0 saturated carbocycles. The van der Waals surface area contributed by atoms with Crippen molar-refractivity contribution in [3.8, 4) is 0 Å². The van der Waals surface area contributed by atoms with E-state index in [9.17, 15) is 9.90 Å². The third-order valence-electron chi connectivity index (χ3n) is 2.60. The first kappa shape index (κ1) is 15.0. The number of esters is 1. The summed E-state index contributed by atoms with van der Waals surface area (Å²) in [6.07, 6.45) is -0.920. The van der Waals surface area contributed by atoms with E-state index in [1.165, 1.54) is 0 Å². The van der Waals surface area contributed by atoms with Crippen molar-refractivity contribution in [1.29, 1.82) is 0 Å². The Bertz CT molecular complexity index is 605. The van der Waals surface area contributed by atoms with Gasteiger partial charge in [0.15, 0.2) is 0 Å². The number of hydrogen-bond acceptors (Lipinski definition) is 7. The largest absolute Gasteiger partial charge is 0.466 e. The number of rotatable bonds is 6. The zero-order valence-electron chi connectivity index (χ0n) is 10.8. The van der Waals surface area contributed by atoms with Crippen LogP contribution in [0.3, 0.4) is 0 Å². The second kappa shape index (κ2) is 6.83. The number of carbonyl (C=O) groups excluding carboxylic acids is 1. The average molecular weight is 316 g/mol. The van der Waals surface area contributed by atoms with E-state index in [0.29, 0.717) is 22.8 Å². The van der Waals surface area contributed by atoms with E-state index in [0.717, 1.165) is 17.2 Å². The molecule has 0 bridgehead atoms. The summed E-state index contributed by atoms with van der Waals surface area (Å²) in [5.41, 5.74) is 2.01. The number of nitrogens with one attached hydrogen (secondary N) is 1. The van der Waals surface area contributed by atoms with Crippen molar-refractivity contribution in [2.45, 2.75) is 19.4 Å². The number of halogens is 1. The summed E-state index contributed by atoms with van der Waals surface area (Å²) in [5.74, 6) is -0.429. The number of hydrogen-bond donors (Lipinski definition) is 2. The number of benzene rings is 1. The van der Waals surface area contributed by atoms with Crippen LogP contribution in [0.25, 0.3) is 11.0 Å². The summed E-state index contributed by atoms with van der Waals surface area (Å²) >= 11 is 7.19. The molecule has 1 aromatic heterocycles. The summed E-state index contributed by atoms with van der Waals surface area (Å²) < 4.78 is 13.0. The molecule has 0 fully saturated rings. The molecule has 1 atom stereocenters. The van der Waals surface area contributed by atoms with Gasteiger partial charge in [0, 0.05) is 6.54 Å². The van der Waals surface area contributed by atoms with E-state index in [-0.39, 0.29) is 13.0 Å². The molecule has 2 N–H and O–H groups in total. The molecule has 0 aliphatic heterocycles. The van der Waals surface area contributed by atoms with Gasteiger partial charge in [0.25, 0.3) is 0 Å². The Kier molecular flexibility index (Phi) is 5.11. The molecule has 0 aliphatic rings. The Hall–Kier alpha value is -1.44. The topological polar surface area (TPSA) is 84.3 Å². The fraction of sp³-hybridized carbons (Fsp3) is 0.417. The number of aliphatic hydroxyl groups is 1. The van der Waals surface area contributed by atoms with Crippen LogP contribution < -0.4 is 5.32 Å². The maximum atomic E-state index is 11.2. The van der Waals surface area contributed by atoms with Gasteiger partial charge in [-0.05, 0) is 19.1 Å². The molecule has 1 heterocycles. The van der Waals surface area contributed by atoms with Crippen molar-refractivity contribution in [2.24, 2.45) is 0 Å². The number of anilines is 1. The van der Waals surface area contributed by atoms with Gasteiger partial charge < -0.3 is 15.2 Å². The predicted molar refractivity (Wildman–Crippen MR) is 78.2 cm³/mol. The number of aromatic nitrogens is 2. The highest BCUT2D eigenvalue weighted by molar-refractivity contribution is 7.00. The van der Waals surface area contributed by atoms with E-state index < -0.39 is 12.1 Å². The SMILES string of the molecule is CCOC(=O)CC(O)CNc1c(Cl)ccc2nsnc12. The fourth-order valence-corrected chi connectivity index (χ4v) is 2.46. The zero-order valence-corrected chi connectivity index (χ0v) is 12.4. The van der Waals surface area contributed by atoms with Gasteiger partial charge in [-0.15, -0.1) is 0 Å². The van der Waals surface area contributed by atoms with E-state index in [4.69, 9.17) is 16.3 Å². The molecule has 1 aromatic carbocycles. The number of ether oxygens (including phenoxy) is 1. The molecule has 2 aromatic rings. The van der Waals surface area contributed by atoms with Crippen LogP contribution in [0.4, 0.5) is 5.69 Å². The van der Waals surface area contributed by atoms with E-state index in [1.54, 1.807) is 19.1 Å². The highest BCUT2D eigenvalue weighted by Gasteiger charge is 2.14. The summed E-state index contributed by atoms with van der Waals surface area (Å²) in [7, 11) is 0. The average Bonchev–Trinajstić information content (AvgIpc) is 2.86. The smallest absolute Gasteiger partial charge is 0.308 e. The van der Waals surface area contributed by atoms with Crippen molar-refractivity contribution < 1.29 is 14.6 Å². The van der Waals surface area contributed by atoms with Gasteiger partial charge in [-0.3, -0.25) is 4.79 Å². The van der Waals surface area contributed by atoms with Gasteiger partial charge in [0.05, 0.1) is 41.6 Å². The van der Waals surface area contributed by atoms with Gasteiger partial charge in [0.2, 0.25) is 0 Å². The quantitative estimate of drug-likeness (QED) is 0.794. The van der Waals surface area contributed by atoms with Crippen LogP contribution in [0.5, 0.6) is 0 Å². The molecule has 0 aliphatic carbocycles. The molecular formula is C12H14ClN3O3S. The lowest BCUT2D eigenvalue weighted by molar-refractivity contribution is -0.145. The molecular weight excluding hydrogens is 302 g/mol. The van der Waals surface area contributed by atoms with E-state index >= 15 is 0 Å². The molecule has 2 rings (SSSR count). The maximum absolute atomic E-state index is 11.2. The molecule has 0 saturated heterocycles. The summed E-state index contributed by atoms with van der Waals surface area (Å²) in [6, 6.07) is 3.49. The minimum absolute atomic E-state index is 0.0657. The normalized spacial score (nSPS) is 12.3. The lowest BCUT2D eigenvalue weighted by atomic mass is 10.2. The Morgan fingerprint density at radius 1 is 1.55 bits per heavy atom. The summed E-state index contributed by atoms with van der Waals surface area (Å²) in [4.78, 5) is 11.2. The van der Waals surface area contributed by atoms with Gasteiger partial charge in [0.1, 0.15) is 11.0 Å². The first-order chi connectivity index (χ1) is 9.61. The van der Waals surface area contributed by atoms with Crippen LogP contribution in [-0.2, 0) is 9.53 Å². The van der Waals surface area contributed by atoms with Gasteiger partial charge in [-0.1, -0.05) is 11.6 Å². The lowest BCUT2D eigenvalue weighted by Crippen LogP contribution is -2.24. The molecule has 20 heavy (non-hydrogen) atoms. The molecule has 8 heteroatoms. The minimum atomic E-state index is -0.855. The Morgan fingerprint density at radius 2 is 2.35 bits per heavy atom. The van der Waals surface area contributed by atoms with E-state index in [2.05, 4.69) is 14.1 Å². The Morgan fingerprint density at radius 3 is 3.10 bits per heavy atom. The van der Waals surface area contributed by atoms with E-state index in [1.807, 2.05) is 0 Å². The number of aliphatic hydroxyl groups excluding tert-OH is 1. The standard InChI is InChI=1S/C12H14ClN3O3S/c1-2-19-10(18)5-7(17)6-14-11-8(13)3-4-9-12(11)16-20-15-9/h3-4,7,14,17H,2,5-6H2,1H3. The van der Waals surface area contributed by atoms with Gasteiger partial charge in [-0.2, -0.15) is 8.75 Å². The second-order valence-electron chi connectivity index (χ2n) is 4.10. The maximum Gasteiger partial charge on any atom is 0.308 e. The van der Waals surface area contributed by atoms with Crippen LogP contribution in [0.1, 0.15) is 13.3 Å². The molecule has 6 nitrogen and oxygen atoms in total. The second-order valence-corrected chi connectivity index (χ2v) is 5.03. The molecule has 1 unspecified atom stereocenters. The molecule has 108 valence electrons. The number of fused-ring (bicyclic) bond motifs is 1. The molecule has 0 radical (unpaired) electrons. The molecule has 0 amide bonds. The van der Waals surface area contributed by atoms with Crippen LogP contribution in [0, 0.1) is 0 Å². The van der Waals surface area contributed by atoms with Crippen molar-refractivity contribution in [3.63, 3.8) is 0 Å². The third kappa shape index (κ3) is 3.56. The van der Waals surface area contributed by atoms with Crippen molar-refractivity contribution in [2.75, 3.05) is 18.5 Å². The van der Waals surface area contributed by atoms with Crippen LogP contribution in [-0.4, -0.2) is 39.1 Å². The van der Waals surface area contributed by atoms with Gasteiger partial charge >= 0.3 is 5.97 Å². The number of carbonyl (C=O) groups is 1.